The van der Waals surface area contributed by atoms with Crippen molar-refractivity contribution in [2.45, 2.75) is 31.8 Å². The summed E-state index contributed by atoms with van der Waals surface area (Å²) in [6.07, 6.45) is 2.11. The number of aliphatic carboxylic acids is 1. The van der Waals surface area contributed by atoms with E-state index in [1.54, 1.807) is 19.2 Å². The number of aryl methyl sites for hydroxylation is 1. The molecule has 1 aromatic rings. The first-order valence-electron chi connectivity index (χ1n) is 6.67. The fourth-order valence-corrected chi connectivity index (χ4v) is 2.15. The summed E-state index contributed by atoms with van der Waals surface area (Å²) in [6.45, 7) is 2.60. The predicted octanol–water partition coefficient (Wildman–Crippen LogP) is 0.218. The number of hydrogen-bond donors (Lipinski definition) is 3. The Morgan fingerprint density at radius 3 is 2.76 bits per heavy atom. The maximum atomic E-state index is 11.9. The Hall–Kier alpha value is -2.22. The second-order valence-electron chi connectivity index (χ2n) is 4.90. The number of carbonyl (C=O) groups excluding carboxylic acids is 1. The molecule has 0 aliphatic carbocycles. The van der Waals surface area contributed by atoms with E-state index in [-0.39, 0.29) is 19.4 Å². The first-order chi connectivity index (χ1) is 10.0. The lowest BCUT2D eigenvalue weighted by molar-refractivity contribution is -0.148. The summed E-state index contributed by atoms with van der Waals surface area (Å²) in [4.78, 5) is 31.4. The molecule has 1 aliphatic heterocycles. The SMILES string of the molecule is Cc1nccc(CNC(=O)NC2(C(=O)O)CCOCC2)n1. The van der Waals surface area contributed by atoms with E-state index in [9.17, 15) is 14.7 Å². The summed E-state index contributed by atoms with van der Waals surface area (Å²) < 4.78 is 5.15. The van der Waals surface area contributed by atoms with Crippen LogP contribution in [0, 0.1) is 6.92 Å². The van der Waals surface area contributed by atoms with Crippen LogP contribution >= 0.6 is 0 Å². The van der Waals surface area contributed by atoms with Gasteiger partial charge in [0.1, 0.15) is 11.4 Å². The van der Waals surface area contributed by atoms with Gasteiger partial charge in [0.25, 0.3) is 0 Å². The molecule has 21 heavy (non-hydrogen) atoms. The number of amides is 2. The van der Waals surface area contributed by atoms with Crippen LogP contribution in [0.2, 0.25) is 0 Å². The summed E-state index contributed by atoms with van der Waals surface area (Å²) in [5, 5.41) is 14.5. The van der Waals surface area contributed by atoms with Crippen molar-refractivity contribution in [2.24, 2.45) is 0 Å². The van der Waals surface area contributed by atoms with Gasteiger partial charge in [0, 0.05) is 32.3 Å². The number of rotatable bonds is 4. The molecule has 3 N–H and O–H groups in total. The van der Waals surface area contributed by atoms with Gasteiger partial charge in [0.15, 0.2) is 0 Å². The number of carbonyl (C=O) groups is 2. The average molecular weight is 294 g/mol. The molecule has 8 heteroatoms. The molecule has 1 aromatic heterocycles. The number of nitrogens with zero attached hydrogens (tertiary/aromatic N) is 2. The first kappa shape index (κ1) is 15.2. The normalized spacial score (nSPS) is 17.0. The van der Waals surface area contributed by atoms with Gasteiger partial charge >= 0.3 is 12.0 Å². The number of urea groups is 1. The third-order valence-electron chi connectivity index (χ3n) is 3.37. The Balaban J connectivity index is 1.92. The van der Waals surface area contributed by atoms with Crippen LogP contribution in [-0.4, -0.2) is 45.8 Å². The van der Waals surface area contributed by atoms with Crippen molar-refractivity contribution in [3.05, 3.63) is 23.8 Å². The van der Waals surface area contributed by atoms with Crippen LogP contribution in [0.4, 0.5) is 4.79 Å². The van der Waals surface area contributed by atoms with E-state index in [1.807, 2.05) is 0 Å². The second-order valence-corrected chi connectivity index (χ2v) is 4.90. The van der Waals surface area contributed by atoms with Gasteiger partial charge in [-0.2, -0.15) is 0 Å². The quantitative estimate of drug-likeness (QED) is 0.732. The van der Waals surface area contributed by atoms with Gasteiger partial charge in [-0.1, -0.05) is 0 Å². The van der Waals surface area contributed by atoms with Gasteiger partial charge in [-0.25, -0.2) is 19.6 Å². The molecular weight excluding hydrogens is 276 g/mol. The van der Waals surface area contributed by atoms with Crippen LogP contribution in [0.25, 0.3) is 0 Å². The maximum absolute atomic E-state index is 11.9. The van der Waals surface area contributed by atoms with Crippen molar-refractivity contribution in [2.75, 3.05) is 13.2 Å². The van der Waals surface area contributed by atoms with Crippen LogP contribution < -0.4 is 10.6 Å². The van der Waals surface area contributed by atoms with Crippen molar-refractivity contribution >= 4 is 12.0 Å². The highest BCUT2D eigenvalue weighted by molar-refractivity contribution is 5.86. The zero-order chi connectivity index (χ0) is 15.3. The monoisotopic (exact) mass is 294 g/mol. The zero-order valence-electron chi connectivity index (χ0n) is 11.8. The average Bonchev–Trinajstić information content (AvgIpc) is 2.46. The van der Waals surface area contributed by atoms with E-state index in [2.05, 4.69) is 20.6 Å². The highest BCUT2D eigenvalue weighted by Gasteiger charge is 2.41. The maximum Gasteiger partial charge on any atom is 0.329 e. The van der Waals surface area contributed by atoms with Crippen molar-refractivity contribution < 1.29 is 19.4 Å². The number of ether oxygens (including phenoxy) is 1. The van der Waals surface area contributed by atoms with Gasteiger partial charge in [-0.3, -0.25) is 0 Å². The van der Waals surface area contributed by atoms with Crippen molar-refractivity contribution in [1.29, 1.82) is 0 Å². The van der Waals surface area contributed by atoms with Crippen LogP contribution in [-0.2, 0) is 16.1 Å². The number of aromatic nitrogens is 2. The van der Waals surface area contributed by atoms with Gasteiger partial charge < -0.3 is 20.5 Å². The fraction of sp³-hybridized carbons (Fsp3) is 0.538. The molecule has 2 rings (SSSR count). The molecule has 0 bridgehead atoms. The summed E-state index contributed by atoms with van der Waals surface area (Å²) in [5.74, 6) is -0.431. The summed E-state index contributed by atoms with van der Waals surface area (Å²) in [6, 6.07) is 1.16. The Bertz CT molecular complexity index is 529. The van der Waals surface area contributed by atoms with Crippen LogP contribution in [0.1, 0.15) is 24.4 Å². The molecule has 0 aromatic carbocycles. The van der Waals surface area contributed by atoms with Crippen molar-refractivity contribution in [3.8, 4) is 0 Å². The van der Waals surface area contributed by atoms with Crippen molar-refractivity contribution in [3.63, 3.8) is 0 Å². The van der Waals surface area contributed by atoms with Gasteiger partial charge in [-0.05, 0) is 13.0 Å². The zero-order valence-corrected chi connectivity index (χ0v) is 11.8. The molecule has 1 saturated heterocycles. The predicted molar refractivity (Wildman–Crippen MR) is 72.6 cm³/mol. The van der Waals surface area contributed by atoms with Gasteiger partial charge in [0.2, 0.25) is 0 Å². The lowest BCUT2D eigenvalue weighted by atomic mass is 9.90. The minimum Gasteiger partial charge on any atom is -0.480 e. The molecule has 1 fully saturated rings. The largest absolute Gasteiger partial charge is 0.480 e. The number of nitrogens with one attached hydrogen (secondary N) is 2. The lowest BCUT2D eigenvalue weighted by Gasteiger charge is -2.33. The molecule has 2 heterocycles. The molecule has 0 radical (unpaired) electrons. The first-order valence-corrected chi connectivity index (χ1v) is 6.67. The Labute approximate surface area is 121 Å². The molecule has 1 aliphatic rings. The molecule has 0 atom stereocenters. The topological polar surface area (TPSA) is 113 Å². The molecule has 0 unspecified atom stereocenters. The van der Waals surface area contributed by atoms with Crippen LogP contribution in [0.5, 0.6) is 0 Å². The molecule has 0 spiro atoms. The molecule has 8 nitrogen and oxygen atoms in total. The second kappa shape index (κ2) is 6.49. The van der Waals surface area contributed by atoms with Crippen molar-refractivity contribution in [1.82, 2.24) is 20.6 Å². The third kappa shape index (κ3) is 3.88. The van der Waals surface area contributed by atoms with E-state index < -0.39 is 17.5 Å². The summed E-state index contributed by atoms with van der Waals surface area (Å²) in [5.41, 5.74) is -0.599. The van der Waals surface area contributed by atoms with Gasteiger partial charge in [-0.15, -0.1) is 0 Å². The Kier molecular flexibility index (Phi) is 4.69. The standard InChI is InChI=1S/C13H18N4O4/c1-9-14-5-2-10(16-9)8-15-12(20)17-13(11(18)19)3-6-21-7-4-13/h2,5H,3-4,6-8H2,1H3,(H,18,19)(H2,15,17,20). The molecular formula is C13H18N4O4. The van der Waals surface area contributed by atoms with Gasteiger partial charge in [0.05, 0.1) is 12.2 Å². The minimum atomic E-state index is -1.26. The minimum absolute atomic E-state index is 0.210. The number of hydrogen-bond acceptors (Lipinski definition) is 5. The van der Waals surface area contributed by atoms with Crippen LogP contribution in [0.3, 0.4) is 0 Å². The van der Waals surface area contributed by atoms with E-state index in [0.29, 0.717) is 24.7 Å². The van der Waals surface area contributed by atoms with E-state index in [0.717, 1.165) is 0 Å². The number of carboxylic acids is 1. The highest BCUT2D eigenvalue weighted by Crippen LogP contribution is 2.20. The number of carboxylic acid groups (broad SMARTS) is 1. The Morgan fingerprint density at radius 1 is 1.43 bits per heavy atom. The molecule has 114 valence electrons. The molecule has 2 amide bonds. The smallest absolute Gasteiger partial charge is 0.329 e. The highest BCUT2D eigenvalue weighted by atomic mass is 16.5. The summed E-state index contributed by atoms with van der Waals surface area (Å²) >= 11 is 0. The third-order valence-corrected chi connectivity index (χ3v) is 3.37. The fourth-order valence-electron chi connectivity index (χ4n) is 2.15. The molecule has 0 saturated carbocycles. The summed E-state index contributed by atoms with van der Waals surface area (Å²) in [7, 11) is 0. The van der Waals surface area contributed by atoms with E-state index in [4.69, 9.17) is 4.74 Å². The Morgan fingerprint density at radius 2 is 2.14 bits per heavy atom. The lowest BCUT2D eigenvalue weighted by Crippen LogP contribution is -2.59. The van der Waals surface area contributed by atoms with E-state index >= 15 is 0 Å². The van der Waals surface area contributed by atoms with Crippen LogP contribution in [0.15, 0.2) is 12.3 Å². The van der Waals surface area contributed by atoms with E-state index in [1.165, 1.54) is 0 Å².